The lowest BCUT2D eigenvalue weighted by atomic mass is 9.95. The molecule has 2 heterocycles. The molecule has 2 saturated carbocycles. The maximum Gasteiger partial charge on any atom is 0.0866 e. The van der Waals surface area contributed by atoms with E-state index in [4.69, 9.17) is 24.4 Å². The Balaban J connectivity index is 0.000000247. The van der Waals surface area contributed by atoms with Crippen LogP contribution in [-0.2, 0) is 14.2 Å². The summed E-state index contributed by atoms with van der Waals surface area (Å²) in [5.74, 6) is 0. The number of aliphatic hydroxyl groups is 2. The molecule has 4 fully saturated rings. The highest BCUT2D eigenvalue weighted by molar-refractivity contribution is 4.95. The highest BCUT2D eigenvalue weighted by Gasteiger charge is 2.47. The van der Waals surface area contributed by atoms with Crippen LogP contribution in [0.2, 0.25) is 0 Å². The molecule has 110 valence electrons. The molecule has 0 bridgehead atoms. The quantitative estimate of drug-likeness (QED) is 0.736. The van der Waals surface area contributed by atoms with Gasteiger partial charge < -0.3 is 24.4 Å². The third-order valence-electron chi connectivity index (χ3n) is 4.40. The van der Waals surface area contributed by atoms with Gasteiger partial charge in [0, 0.05) is 12.8 Å². The Kier molecular flexibility index (Phi) is 4.39. The average Bonchev–Trinajstić information content (AvgIpc) is 3.32. The first-order chi connectivity index (χ1) is 9.30. The van der Waals surface area contributed by atoms with Crippen LogP contribution in [0.5, 0.6) is 0 Å². The van der Waals surface area contributed by atoms with E-state index in [1.54, 1.807) is 0 Å². The predicted octanol–water partition coefficient (Wildman–Crippen LogP) is 0.614. The molecule has 2 N–H and O–H groups in total. The van der Waals surface area contributed by atoms with E-state index in [1.807, 2.05) is 0 Å². The van der Waals surface area contributed by atoms with Crippen molar-refractivity contribution < 1.29 is 24.4 Å². The zero-order valence-electron chi connectivity index (χ0n) is 11.2. The highest BCUT2D eigenvalue weighted by atomic mass is 16.6. The predicted molar refractivity (Wildman–Crippen MR) is 67.9 cm³/mol. The summed E-state index contributed by atoms with van der Waals surface area (Å²) in [5, 5.41) is 15.2. The van der Waals surface area contributed by atoms with Crippen molar-refractivity contribution >= 4 is 0 Å². The fourth-order valence-corrected chi connectivity index (χ4v) is 3.25. The van der Waals surface area contributed by atoms with Crippen molar-refractivity contribution in [3.8, 4) is 0 Å². The van der Waals surface area contributed by atoms with E-state index >= 15 is 0 Å². The van der Waals surface area contributed by atoms with Gasteiger partial charge in [0.1, 0.15) is 0 Å². The van der Waals surface area contributed by atoms with E-state index in [1.165, 1.54) is 25.7 Å². The van der Waals surface area contributed by atoms with Crippen molar-refractivity contribution in [2.45, 2.75) is 75.1 Å². The molecular weight excluding hydrogens is 248 g/mol. The van der Waals surface area contributed by atoms with Gasteiger partial charge >= 0.3 is 0 Å². The SMILES string of the molecule is C1CC2OC2CC1OC1CCC2OC2C1.OCCO. The topological polar surface area (TPSA) is 74.8 Å². The maximum atomic E-state index is 7.62. The zero-order chi connectivity index (χ0) is 13.2. The van der Waals surface area contributed by atoms with E-state index in [2.05, 4.69) is 0 Å². The lowest BCUT2D eigenvalue weighted by molar-refractivity contribution is -0.0392. The molecule has 2 saturated heterocycles. The lowest BCUT2D eigenvalue weighted by Crippen LogP contribution is -2.30. The standard InChI is InChI=1S/C12H18O3.C2H6O2/c1-3-9-11(14-9)5-7(1)13-8-2-4-10-12(6-8)15-10;3-1-2-4/h7-12H,1-6H2;3-4H,1-2H2. The summed E-state index contributed by atoms with van der Waals surface area (Å²) in [6, 6.07) is 0. The number of aliphatic hydroxyl groups excluding tert-OH is 2. The van der Waals surface area contributed by atoms with Crippen LogP contribution in [0.3, 0.4) is 0 Å². The van der Waals surface area contributed by atoms with Crippen LogP contribution in [0.25, 0.3) is 0 Å². The van der Waals surface area contributed by atoms with Crippen LogP contribution < -0.4 is 0 Å². The van der Waals surface area contributed by atoms with E-state index in [0.717, 1.165) is 12.8 Å². The summed E-state index contributed by atoms with van der Waals surface area (Å²) in [6.07, 6.45) is 10.3. The number of hydrogen-bond donors (Lipinski definition) is 2. The maximum absolute atomic E-state index is 7.62. The molecular formula is C14H24O5. The van der Waals surface area contributed by atoms with Crippen molar-refractivity contribution in [1.29, 1.82) is 0 Å². The summed E-state index contributed by atoms with van der Waals surface area (Å²) in [6.45, 7) is -0.250. The van der Waals surface area contributed by atoms with Gasteiger partial charge in [0.25, 0.3) is 0 Å². The molecule has 4 aliphatic rings. The summed E-state index contributed by atoms with van der Waals surface area (Å²) in [4.78, 5) is 0. The van der Waals surface area contributed by atoms with Gasteiger partial charge in [0.15, 0.2) is 0 Å². The molecule has 0 aromatic heterocycles. The summed E-state index contributed by atoms with van der Waals surface area (Å²) in [7, 11) is 0. The Morgan fingerprint density at radius 2 is 1.21 bits per heavy atom. The minimum Gasteiger partial charge on any atom is -0.394 e. The average molecular weight is 272 g/mol. The summed E-state index contributed by atoms with van der Waals surface area (Å²) in [5.41, 5.74) is 0. The molecule has 0 spiro atoms. The Labute approximate surface area is 113 Å². The lowest BCUT2D eigenvalue weighted by Gasteiger charge is -2.27. The first-order valence-corrected chi connectivity index (χ1v) is 7.48. The van der Waals surface area contributed by atoms with Gasteiger partial charge in [0.2, 0.25) is 0 Å². The van der Waals surface area contributed by atoms with Crippen molar-refractivity contribution in [3.05, 3.63) is 0 Å². The number of ether oxygens (including phenoxy) is 3. The van der Waals surface area contributed by atoms with Gasteiger partial charge in [0.05, 0.1) is 49.8 Å². The molecule has 6 atom stereocenters. The molecule has 5 heteroatoms. The monoisotopic (exact) mass is 272 g/mol. The van der Waals surface area contributed by atoms with Crippen molar-refractivity contribution in [2.24, 2.45) is 0 Å². The zero-order valence-corrected chi connectivity index (χ0v) is 11.2. The van der Waals surface area contributed by atoms with Crippen LogP contribution in [0, 0.1) is 0 Å². The van der Waals surface area contributed by atoms with Gasteiger partial charge in [-0.1, -0.05) is 0 Å². The minimum atomic E-state index is -0.125. The van der Waals surface area contributed by atoms with E-state index in [-0.39, 0.29) is 13.2 Å². The Hall–Kier alpha value is -0.200. The number of fused-ring (bicyclic) bond motifs is 2. The smallest absolute Gasteiger partial charge is 0.0866 e. The fraction of sp³-hybridized carbons (Fsp3) is 1.00. The van der Waals surface area contributed by atoms with Gasteiger partial charge in [-0.25, -0.2) is 0 Å². The van der Waals surface area contributed by atoms with Gasteiger partial charge in [-0.3, -0.25) is 0 Å². The van der Waals surface area contributed by atoms with Crippen LogP contribution in [0.1, 0.15) is 38.5 Å². The molecule has 2 aliphatic heterocycles. The largest absolute Gasteiger partial charge is 0.394 e. The number of hydrogen-bond acceptors (Lipinski definition) is 5. The summed E-state index contributed by atoms with van der Waals surface area (Å²) >= 11 is 0. The highest BCUT2D eigenvalue weighted by Crippen LogP contribution is 2.41. The van der Waals surface area contributed by atoms with E-state index in [9.17, 15) is 0 Å². The molecule has 0 radical (unpaired) electrons. The Bertz CT molecular complexity index is 270. The normalized spacial score (nSPS) is 46.4. The third kappa shape index (κ3) is 3.67. The second kappa shape index (κ2) is 6.06. The van der Waals surface area contributed by atoms with Gasteiger partial charge in [-0.15, -0.1) is 0 Å². The van der Waals surface area contributed by atoms with Crippen LogP contribution in [-0.4, -0.2) is 60.1 Å². The first kappa shape index (κ1) is 13.8. The molecule has 0 aromatic rings. The molecule has 0 amide bonds. The molecule has 2 aliphatic carbocycles. The molecule has 0 aromatic carbocycles. The number of epoxide rings is 2. The summed E-state index contributed by atoms with van der Waals surface area (Å²) < 4.78 is 17.2. The van der Waals surface area contributed by atoms with E-state index in [0.29, 0.717) is 36.6 Å². The molecule has 19 heavy (non-hydrogen) atoms. The van der Waals surface area contributed by atoms with Crippen molar-refractivity contribution in [2.75, 3.05) is 13.2 Å². The third-order valence-corrected chi connectivity index (χ3v) is 4.40. The fourth-order valence-electron chi connectivity index (χ4n) is 3.25. The second-order valence-electron chi connectivity index (χ2n) is 5.88. The van der Waals surface area contributed by atoms with Crippen molar-refractivity contribution in [3.63, 3.8) is 0 Å². The Morgan fingerprint density at radius 3 is 1.58 bits per heavy atom. The molecule has 4 rings (SSSR count). The van der Waals surface area contributed by atoms with Crippen LogP contribution >= 0.6 is 0 Å². The van der Waals surface area contributed by atoms with Crippen LogP contribution in [0.4, 0.5) is 0 Å². The van der Waals surface area contributed by atoms with Gasteiger partial charge in [-0.05, 0) is 25.7 Å². The van der Waals surface area contributed by atoms with E-state index < -0.39 is 0 Å². The Morgan fingerprint density at radius 1 is 0.737 bits per heavy atom. The second-order valence-corrected chi connectivity index (χ2v) is 5.88. The van der Waals surface area contributed by atoms with Crippen LogP contribution in [0.15, 0.2) is 0 Å². The molecule has 5 nitrogen and oxygen atoms in total. The minimum absolute atomic E-state index is 0.125. The van der Waals surface area contributed by atoms with Gasteiger partial charge in [-0.2, -0.15) is 0 Å². The number of rotatable bonds is 3. The molecule has 6 unspecified atom stereocenters. The van der Waals surface area contributed by atoms with Crippen molar-refractivity contribution in [1.82, 2.24) is 0 Å². The first-order valence-electron chi connectivity index (χ1n) is 7.48.